The lowest BCUT2D eigenvalue weighted by Crippen LogP contribution is -2.47. The van der Waals surface area contributed by atoms with Crippen molar-refractivity contribution in [3.63, 3.8) is 0 Å². The number of imidazole rings is 1. The monoisotopic (exact) mass is 246 g/mol. The lowest BCUT2D eigenvalue weighted by Gasteiger charge is -2.36. The second-order valence-corrected chi connectivity index (χ2v) is 5.47. The fourth-order valence-corrected chi connectivity index (χ4v) is 2.00. The van der Waals surface area contributed by atoms with E-state index in [9.17, 15) is 0 Å². The van der Waals surface area contributed by atoms with Crippen molar-refractivity contribution in [2.75, 3.05) is 18.5 Å². The number of anilines is 1. The number of hydrogen-bond acceptors (Lipinski definition) is 3. The Kier molecular flexibility index (Phi) is 3.07. The quantitative estimate of drug-likeness (QED) is 0.901. The molecule has 4 heteroatoms. The van der Waals surface area contributed by atoms with Crippen LogP contribution in [0.2, 0.25) is 0 Å². The third-order valence-electron chi connectivity index (χ3n) is 3.88. The van der Waals surface area contributed by atoms with Crippen molar-refractivity contribution in [1.82, 2.24) is 9.55 Å². The van der Waals surface area contributed by atoms with Gasteiger partial charge < -0.3 is 15.2 Å². The van der Waals surface area contributed by atoms with Crippen LogP contribution in [0.25, 0.3) is 11.0 Å². The van der Waals surface area contributed by atoms with Gasteiger partial charge in [-0.25, -0.2) is 4.98 Å². The van der Waals surface area contributed by atoms with Gasteiger partial charge >= 0.3 is 0 Å². The smallest absolute Gasteiger partial charge is 0.106 e. The average molecular weight is 246 g/mol. The van der Waals surface area contributed by atoms with Gasteiger partial charge in [-0.1, -0.05) is 0 Å². The number of benzene rings is 1. The van der Waals surface area contributed by atoms with Gasteiger partial charge in [-0.05, 0) is 39.0 Å². The largest absolute Gasteiger partial charge is 0.368 e. The number of aryl methyl sites for hydroxylation is 2. The van der Waals surface area contributed by atoms with Crippen LogP contribution in [0, 0.1) is 6.92 Å². The van der Waals surface area contributed by atoms with Crippen molar-refractivity contribution < 1.29 is 0 Å². The van der Waals surface area contributed by atoms with Crippen LogP contribution in [0.3, 0.4) is 0 Å². The Labute approximate surface area is 108 Å². The minimum Gasteiger partial charge on any atom is -0.368 e. The highest BCUT2D eigenvalue weighted by molar-refractivity contribution is 5.80. The Morgan fingerprint density at radius 3 is 2.67 bits per heavy atom. The topological polar surface area (TPSA) is 47.1 Å². The van der Waals surface area contributed by atoms with Crippen LogP contribution < -0.4 is 10.6 Å². The molecule has 0 radical (unpaired) electrons. The first kappa shape index (κ1) is 12.9. The summed E-state index contributed by atoms with van der Waals surface area (Å²) in [7, 11) is 4.11. The van der Waals surface area contributed by atoms with Gasteiger partial charge in [0.25, 0.3) is 0 Å². The van der Waals surface area contributed by atoms with Gasteiger partial charge in [-0.3, -0.25) is 0 Å². The molecule has 0 atom stereocenters. The van der Waals surface area contributed by atoms with Crippen molar-refractivity contribution in [3.8, 4) is 0 Å². The number of fused-ring (bicyclic) bond motifs is 1. The normalized spacial score (nSPS) is 12.1. The van der Waals surface area contributed by atoms with Gasteiger partial charge in [0, 0.05) is 31.9 Å². The second-order valence-electron chi connectivity index (χ2n) is 5.47. The summed E-state index contributed by atoms with van der Waals surface area (Å²) in [5.74, 6) is 1.03. The number of hydrogen-bond donors (Lipinski definition) is 1. The van der Waals surface area contributed by atoms with Crippen molar-refractivity contribution in [3.05, 3.63) is 24.0 Å². The molecule has 0 aliphatic carbocycles. The van der Waals surface area contributed by atoms with Crippen LogP contribution in [0.4, 0.5) is 5.69 Å². The maximum absolute atomic E-state index is 5.82. The number of aromatic nitrogens is 2. The number of likely N-dealkylation sites (N-methyl/N-ethyl adjacent to an activating group) is 1. The molecule has 4 nitrogen and oxygen atoms in total. The molecule has 0 bridgehead atoms. The second kappa shape index (κ2) is 4.28. The molecule has 1 heterocycles. The Hall–Kier alpha value is -1.55. The van der Waals surface area contributed by atoms with E-state index in [0.29, 0.717) is 6.54 Å². The van der Waals surface area contributed by atoms with Gasteiger partial charge in [0.2, 0.25) is 0 Å². The molecule has 0 spiro atoms. The number of rotatable bonds is 3. The zero-order chi connectivity index (χ0) is 13.5. The van der Waals surface area contributed by atoms with E-state index in [1.165, 1.54) is 0 Å². The molecule has 0 unspecified atom stereocenters. The van der Waals surface area contributed by atoms with Crippen LogP contribution >= 0.6 is 0 Å². The van der Waals surface area contributed by atoms with Gasteiger partial charge in [0.1, 0.15) is 5.82 Å². The molecule has 2 aromatic rings. The summed E-state index contributed by atoms with van der Waals surface area (Å²) < 4.78 is 2.10. The zero-order valence-electron chi connectivity index (χ0n) is 11.9. The fourth-order valence-electron chi connectivity index (χ4n) is 2.00. The highest BCUT2D eigenvalue weighted by Gasteiger charge is 2.22. The maximum atomic E-state index is 5.82. The Bertz CT molecular complexity index is 568. The minimum absolute atomic E-state index is 0.0580. The Morgan fingerprint density at radius 1 is 1.39 bits per heavy atom. The first-order chi connectivity index (χ1) is 8.36. The van der Waals surface area contributed by atoms with Crippen LogP contribution in [-0.2, 0) is 7.05 Å². The summed E-state index contributed by atoms with van der Waals surface area (Å²) in [6.45, 7) is 6.91. The molecule has 18 heavy (non-hydrogen) atoms. The standard InChI is InChI=1S/C14H22N4/c1-10-16-12-8-11(6-7-13(12)17(10)4)18(5)14(2,3)9-15/h6-8H,9,15H2,1-5H3. The van der Waals surface area contributed by atoms with Crippen molar-refractivity contribution in [2.45, 2.75) is 26.3 Å². The highest BCUT2D eigenvalue weighted by atomic mass is 15.2. The van der Waals surface area contributed by atoms with E-state index < -0.39 is 0 Å². The molecule has 2 N–H and O–H groups in total. The molecule has 0 aliphatic heterocycles. The first-order valence-corrected chi connectivity index (χ1v) is 6.24. The van der Waals surface area contributed by atoms with Crippen LogP contribution in [0.1, 0.15) is 19.7 Å². The molecule has 0 saturated heterocycles. The van der Waals surface area contributed by atoms with E-state index in [2.05, 4.69) is 53.5 Å². The molecular formula is C14H22N4. The minimum atomic E-state index is -0.0580. The van der Waals surface area contributed by atoms with E-state index in [1.54, 1.807) is 0 Å². The van der Waals surface area contributed by atoms with Crippen LogP contribution in [-0.4, -0.2) is 28.7 Å². The summed E-state index contributed by atoms with van der Waals surface area (Å²) in [6, 6.07) is 6.37. The van der Waals surface area contributed by atoms with E-state index in [4.69, 9.17) is 5.73 Å². The predicted octanol–water partition coefficient (Wildman–Crippen LogP) is 2.06. The molecule has 0 fully saturated rings. The number of nitrogens with zero attached hydrogens (tertiary/aromatic N) is 3. The lowest BCUT2D eigenvalue weighted by molar-refractivity contribution is 0.499. The summed E-state index contributed by atoms with van der Waals surface area (Å²) in [5, 5.41) is 0. The molecule has 0 aliphatic rings. The van der Waals surface area contributed by atoms with Gasteiger partial charge in [-0.2, -0.15) is 0 Å². The third kappa shape index (κ3) is 1.97. The van der Waals surface area contributed by atoms with E-state index in [1.807, 2.05) is 14.0 Å². The summed E-state index contributed by atoms with van der Waals surface area (Å²) in [4.78, 5) is 6.77. The van der Waals surface area contributed by atoms with Crippen LogP contribution in [0.15, 0.2) is 18.2 Å². The van der Waals surface area contributed by atoms with E-state index in [0.717, 1.165) is 22.5 Å². The molecule has 2 rings (SSSR count). The highest BCUT2D eigenvalue weighted by Crippen LogP contribution is 2.25. The third-order valence-corrected chi connectivity index (χ3v) is 3.88. The van der Waals surface area contributed by atoms with Gasteiger partial charge in [-0.15, -0.1) is 0 Å². The predicted molar refractivity (Wildman–Crippen MR) is 77.0 cm³/mol. The maximum Gasteiger partial charge on any atom is 0.106 e. The Morgan fingerprint density at radius 2 is 2.06 bits per heavy atom. The van der Waals surface area contributed by atoms with Crippen molar-refractivity contribution in [2.24, 2.45) is 12.8 Å². The fraction of sp³-hybridized carbons (Fsp3) is 0.500. The summed E-state index contributed by atoms with van der Waals surface area (Å²) in [6.07, 6.45) is 0. The zero-order valence-corrected chi connectivity index (χ0v) is 11.9. The summed E-state index contributed by atoms with van der Waals surface area (Å²) >= 11 is 0. The molecule has 98 valence electrons. The molecule has 0 saturated carbocycles. The lowest BCUT2D eigenvalue weighted by atomic mass is 10.0. The molecule has 0 amide bonds. The molecule has 1 aromatic carbocycles. The van der Waals surface area contributed by atoms with Gasteiger partial charge in [0.15, 0.2) is 0 Å². The van der Waals surface area contributed by atoms with Crippen molar-refractivity contribution >= 4 is 16.7 Å². The van der Waals surface area contributed by atoms with E-state index in [-0.39, 0.29) is 5.54 Å². The van der Waals surface area contributed by atoms with Gasteiger partial charge in [0.05, 0.1) is 11.0 Å². The van der Waals surface area contributed by atoms with E-state index >= 15 is 0 Å². The SMILES string of the molecule is Cc1nc2cc(N(C)C(C)(C)CN)ccc2n1C. The van der Waals surface area contributed by atoms with Crippen LogP contribution in [0.5, 0.6) is 0 Å². The number of nitrogens with two attached hydrogens (primary N) is 1. The molecule has 1 aromatic heterocycles. The Balaban J connectivity index is 2.48. The summed E-state index contributed by atoms with van der Waals surface area (Å²) in [5.41, 5.74) is 9.11. The van der Waals surface area contributed by atoms with Crippen molar-refractivity contribution in [1.29, 1.82) is 0 Å². The average Bonchev–Trinajstić information content (AvgIpc) is 2.63. The molecular weight excluding hydrogens is 224 g/mol. The first-order valence-electron chi connectivity index (χ1n) is 6.24.